The van der Waals surface area contributed by atoms with E-state index >= 15 is 0 Å². The highest BCUT2D eigenvalue weighted by Gasteiger charge is 2.16. The highest BCUT2D eigenvalue weighted by molar-refractivity contribution is 5.66. The van der Waals surface area contributed by atoms with Crippen molar-refractivity contribution in [2.45, 2.75) is 13.1 Å². The summed E-state index contributed by atoms with van der Waals surface area (Å²) >= 11 is 0. The Morgan fingerprint density at radius 2 is 1.81 bits per heavy atom. The van der Waals surface area contributed by atoms with Crippen LogP contribution in [0.4, 0.5) is 11.4 Å². The summed E-state index contributed by atoms with van der Waals surface area (Å²) in [6.07, 6.45) is 0. The first-order chi connectivity index (χ1) is 10.1. The van der Waals surface area contributed by atoms with E-state index in [0.717, 1.165) is 12.1 Å². The van der Waals surface area contributed by atoms with Crippen molar-refractivity contribution in [1.29, 1.82) is 0 Å². The Morgan fingerprint density at radius 3 is 2.43 bits per heavy atom. The number of hydrogen-bond acceptors (Lipinski definition) is 4. The fourth-order valence-corrected chi connectivity index (χ4v) is 2.40. The largest absolute Gasteiger partial charge is 0.382 e. The number of nitrogens with zero attached hydrogens (tertiary/aromatic N) is 2. The Kier molecular flexibility index (Phi) is 4.90. The lowest BCUT2D eigenvalue weighted by atomic mass is 10.1. The quantitative estimate of drug-likeness (QED) is 0.653. The smallest absolute Gasteiger partial charge is 0.292 e. The highest BCUT2D eigenvalue weighted by atomic mass is 16.6. The Balaban J connectivity index is 2.15. The summed E-state index contributed by atoms with van der Waals surface area (Å²) in [5.41, 5.74) is 2.84. The van der Waals surface area contributed by atoms with E-state index < -0.39 is 0 Å². The summed E-state index contributed by atoms with van der Waals surface area (Å²) in [6.45, 7) is 1.44. The van der Waals surface area contributed by atoms with Gasteiger partial charge in [0.2, 0.25) is 0 Å². The first kappa shape index (κ1) is 15.0. The van der Waals surface area contributed by atoms with Crippen molar-refractivity contribution in [3.63, 3.8) is 0 Å². The molecule has 21 heavy (non-hydrogen) atoms. The zero-order chi connectivity index (χ0) is 15.2. The van der Waals surface area contributed by atoms with Gasteiger partial charge in [0.15, 0.2) is 0 Å². The van der Waals surface area contributed by atoms with Gasteiger partial charge in [0, 0.05) is 26.2 Å². The predicted octanol–water partition coefficient (Wildman–Crippen LogP) is 3.27. The second-order valence-corrected chi connectivity index (χ2v) is 4.98. The summed E-state index contributed by atoms with van der Waals surface area (Å²) < 4.78 is 0. The predicted molar refractivity (Wildman–Crippen MR) is 84.3 cm³/mol. The van der Waals surface area contributed by atoms with E-state index in [0.29, 0.717) is 12.2 Å². The molecule has 2 aromatic carbocycles. The maximum Gasteiger partial charge on any atom is 0.292 e. The normalized spacial score (nSPS) is 10.6. The maximum atomic E-state index is 11.1. The third-order valence-corrected chi connectivity index (χ3v) is 3.31. The number of benzene rings is 2. The van der Waals surface area contributed by atoms with Crippen LogP contribution in [0.5, 0.6) is 0 Å². The molecule has 0 aliphatic rings. The van der Waals surface area contributed by atoms with Crippen molar-refractivity contribution in [2.75, 3.05) is 19.4 Å². The minimum absolute atomic E-state index is 0.114. The van der Waals surface area contributed by atoms with Crippen LogP contribution in [0, 0.1) is 10.1 Å². The van der Waals surface area contributed by atoms with Gasteiger partial charge in [-0.15, -0.1) is 0 Å². The van der Waals surface area contributed by atoms with Gasteiger partial charge in [-0.1, -0.05) is 42.5 Å². The van der Waals surface area contributed by atoms with Gasteiger partial charge in [-0.05, 0) is 18.2 Å². The van der Waals surface area contributed by atoms with E-state index in [1.165, 1.54) is 11.6 Å². The summed E-state index contributed by atoms with van der Waals surface area (Å²) in [6, 6.07) is 15.3. The van der Waals surface area contributed by atoms with Gasteiger partial charge in [-0.2, -0.15) is 0 Å². The molecule has 1 N–H and O–H groups in total. The molecule has 0 spiro atoms. The Labute approximate surface area is 124 Å². The molecular weight excluding hydrogens is 266 g/mol. The van der Waals surface area contributed by atoms with Gasteiger partial charge in [-0.3, -0.25) is 15.0 Å². The average molecular weight is 285 g/mol. The minimum atomic E-state index is -0.355. The summed E-state index contributed by atoms with van der Waals surface area (Å²) in [5, 5.41) is 14.0. The van der Waals surface area contributed by atoms with Gasteiger partial charge >= 0.3 is 0 Å². The number of nitro benzene ring substituents is 1. The molecule has 0 aliphatic carbocycles. The number of rotatable bonds is 6. The lowest BCUT2D eigenvalue weighted by molar-refractivity contribution is -0.384. The molecule has 0 saturated carbocycles. The maximum absolute atomic E-state index is 11.1. The van der Waals surface area contributed by atoms with Gasteiger partial charge in [0.1, 0.15) is 5.69 Å². The van der Waals surface area contributed by atoms with Crippen LogP contribution in [0.25, 0.3) is 0 Å². The molecule has 0 atom stereocenters. The monoisotopic (exact) mass is 285 g/mol. The number of nitrogens with one attached hydrogen (secondary N) is 1. The molecule has 0 radical (unpaired) electrons. The highest BCUT2D eigenvalue weighted by Crippen LogP contribution is 2.28. The van der Waals surface area contributed by atoms with Gasteiger partial charge in [0.05, 0.1) is 4.92 Å². The van der Waals surface area contributed by atoms with Crippen LogP contribution in [-0.2, 0) is 13.1 Å². The van der Waals surface area contributed by atoms with Crippen LogP contribution in [0.1, 0.15) is 11.1 Å². The molecule has 0 saturated heterocycles. The van der Waals surface area contributed by atoms with Gasteiger partial charge in [-0.25, -0.2) is 0 Å². The number of nitro groups is 1. The third-order valence-electron chi connectivity index (χ3n) is 3.31. The fraction of sp³-hybridized carbons (Fsp3) is 0.250. The minimum Gasteiger partial charge on any atom is -0.382 e. The first-order valence-corrected chi connectivity index (χ1v) is 6.78. The van der Waals surface area contributed by atoms with Crippen molar-refractivity contribution >= 4 is 11.4 Å². The van der Waals surface area contributed by atoms with Crippen molar-refractivity contribution in [2.24, 2.45) is 0 Å². The van der Waals surface area contributed by atoms with E-state index in [9.17, 15) is 10.1 Å². The van der Waals surface area contributed by atoms with Crippen molar-refractivity contribution in [3.8, 4) is 0 Å². The SMILES string of the molecule is CNc1c(CN(C)Cc2ccccc2)cccc1[N+](=O)[O-]. The molecule has 2 aromatic rings. The molecule has 0 bridgehead atoms. The molecule has 0 aromatic heterocycles. The van der Waals surface area contributed by atoms with E-state index in [4.69, 9.17) is 0 Å². The summed E-state index contributed by atoms with van der Waals surface area (Å²) in [4.78, 5) is 12.8. The van der Waals surface area contributed by atoms with E-state index in [1.807, 2.05) is 31.3 Å². The first-order valence-electron chi connectivity index (χ1n) is 6.78. The molecule has 110 valence electrons. The number of hydrogen-bond donors (Lipinski definition) is 1. The van der Waals surface area contributed by atoms with E-state index in [1.54, 1.807) is 13.1 Å². The van der Waals surface area contributed by atoms with E-state index in [-0.39, 0.29) is 10.6 Å². The van der Waals surface area contributed by atoms with Crippen molar-refractivity contribution in [1.82, 2.24) is 4.90 Å². The van der Waals surface area contributed by atoms with Crippen LogP contribution < -0.4 is 5.32 Å². The second-order valence-electron chi connectivity index (χ2n) is 4.98. The average Bonchev–Trinajstić information content (AvgIpc) is 2.47. The third kappa shape index (κ3) is 3.79. The molecule has 0 fully saturated rings. The van der Waals surface area contributed by atoms with Gasteiger partial charge < -0.3 is 5.32 Å². The Morgan fingerprint density at radius 1 is 1.10 bits per heavy atom. The molecule has 0 heterocycles. The summed E-state index contributed by atoms with van der Waals surface area (Å²) in [7, 11) is 3.72. The summed E-state index contributed by atoms with van der Waals surface area (Å²) in [5.74, 6) is 0. The Bertz CT molecular complexity index is 614. The molecular formula is C16H19N3O2. The van der Waals surface area contributed by atoms with Crippen molar-refractivity contribution in [3.05, 3.63) is 69.8 Å². The lowest BCUT2D eigenvalue weighted by Gasteiger charge is -2.18. The van der Waals surface area contributed by atoms with Crippen LogP contribution in [-0.4, -0.2) is 23.9 Å². The molecule has 2 rings (SSSR count). The van der Waals surface area contributed by atoms with Crippen LogP contribution in [0.15, 0.2) is 48.5 Å². The van der Waals surface area contributed by atoms with Crippen molar-refractivity contribution < 1.29 is 4.92 Å². The second kappa shape index (κ2) is 6.85. The standard InChI is InChI=1S/C16H19N3O2/c1-17-16-14(9-6-10-15(16)19(20)21)12-18(2)11-13-7-4-3-5-8-13/h3-10,17H,11-12H2,1-2H3. The number of anilines is 1. The zero-order valence-corrected chi connectivity index (χ0v) is 12.2. The van der Waals surface area contributed by atoms with Crippen LogP contribution in [0.2, 0.25) is 0 Å². The van der Waals surface area contributed by atoms with Crippen LogP contribution in [0.3, 0.4) is 0 Å². The zero-order valence-electron chi connectivity index (χ0n) is 12.2. The topological polar surface area (TPSA) is 58.4 Å². The lowest BCUT2D eigenvalue weighted by Crippen LogP contribution is -2.18. The fourth-order valence-electron chi connectivity index (χ4n) is 2.40. The molecule has 5 nitrogen and oxygen atoms in total. The van der Waals surface area contributed by atoms with Crippen LogP contribution >= 0.6 is 0 Å². The van der Waals surface area contributed by atoms with E-state index in [2.05, 4.69) is 22.3 Å². The Hall–Kier alpha value is -2.40. The van der Waals surface area contributed by atoms with Gasteiger partial charge in [0.25, 0.3) is 5.69 Å². The molecule has 0 amide bonds. The molecule has 0 aliphatic heterocycles. The molecule has 5 heteroatoms. The number of para-hydroxylation sites is 1. The molecule has 0 unspecified atom stereocenters.